The molecule has 1 aliphatic carbocycles. The molecule has 0 bridgehead atoms. The van der Waals surface area contributed by atoms with Crippen molar-refractivity contribution < 1.29 is 22.7 Å². The van der Waals surface area contributed by atoms with E-state index in [1.54, 1.807) is 4.72 Å². The topological polar surface area (TPSA) is 98.7 Å². The molecular formula is C16H18FN3O4S. The van der Waals surface area contributed by atoms with E-state index in [0.717, 1.165) is 18.4 Å². The van der Waals surface area contributed by atoms with Gasteiger partial charge in [-0.1, -0.05) is 12.5 Å². The Morgan fingerprint density at radius 2 is 2.04 bits per heavy atom. The van der Waals surface area contributed by atoms with E-state index < -0.39 is 39.9 Å². The molecule has 1 saturated carbocycles. The fraction of sp³-hybridized carbons (Fsp3) is 0.438. The third-order valence-electron chi connectivity index (χ3n) is 5.08. The quantitative estimate of drug-likeness (QED) is 0.736. The first-order chi connectivity index (χ1) is 11.9. The van der Waals surface area contributed by atoms with Crippen LogP contribution in [0.5, 0.6) is 5.75 Å². The smallest absolute Gasteiger partial charge is 0.326 e. The number of halogens is 1. The van der Waals surface area contributed by atoms with Crippen LogP contribution in [0.1, 0.15) is 24.8 Å². The number of phenolic OH excluding ortho intramolecular Hbond substituents is 1. The number of benzene rings is 1. The minimum atomic E-state index is -4.19. The van der Waals surface area contributed by atoms with Crippen LogP contribution in [0.25, 0.3) is 5.57 Å². The highest BCUT2D eigenvalue weighted by Gasteiger charge is 2.38. The molecule has 0 spiro atoms. The van der Waals surface area contributed by atoms with Crippen LogP contribution in [-0.2, 0) is 15.0 Å². The van der Waals surface area contributed by atoms with Crippen molar-refractivity contribution in [3.8, 4) is 5.75 Å². The second kappa shape index (κ2) is 5.70. The van der Waals surface area contributed by atoms with Gasteiger partial charge in [0.05, 0.1) is 0 Å². The van der Waals surface area contributed by atoms with E-state index in [0.29, 0.717) is 16.8 Å². The third kappa shape index (κ3) is 2.67. The van der Waals surface area contributed by atoms with Crippen molar-refractivity contribution in [2.75, 3.05) is 17.4 Å². The Kier molecular flexibility index (Phi) is 3.73. The fourth-order valence-corrected chi connectivity index (χ4v) is 4.70. The van der Waals surface area contributed by atoms with Gasteiger partial charge < -0.3 is 10.4 Å². The van der Waals surface area contributed by atoms with E-state index in [2.05, 4.69) is 5.32 Å². The van der Waals surface area contributed by atoms with Gasteiger partial charge >= 0.3 is 10.2 Å². The predicted octanol–water partition coefficient (Wildman–Crippen LogP) is 0.868. The van der Waals surface area contributed by atoms with Gasteiger partial charge in [0.1, 0.15) is 18.0 Å². The lowest BCUT2D eigenvalue weighted by atomic mass is 9.80. The molecule has 2 aliphatic heterocycles. The van der Waals surface area contributed by atoms with Crippen molar-refractivity contribution in [1.82, 2.24) is 10.0 Å². The highest BCUT2D eigenvalue weighted by molar-refractivity contribution is 7.92. The van der Waals surface area contributed by atoms with Crippen molar-refractivity contribution >= 4 is 27.4 Å². The van der Waals surface area contributed by atoms with Gasteiger partial charge in [0, 0.05) is 18.2 Å². The molecule has 1 saturated heterocycles. The first kappa shape index (κ1) is 16.3. The zero-order valence-electron chi connectivity index (χ0n) is 13.3. The van der Waals surface area contributed by atoms with Crippen LogP contribution in [0.2, 0.25) is 0 Å². The molecule has 2 fully saturated rings. The molecule has 4 rings (SSSR count). The maximum absolute atomic E-state index is 15.1. The largest absolute Gasteiger partial charge is 0.506 e. The van der Waals surface area contributed by atoms with Crippen LogP contribution in [0, 0.1) is 11.7 Å². The molecule has 0 aromatic heterocycles. The molecule has 3 aliphatic rings. The standard InChI is InChI=1S/C16H18FN3O4S/c17-15-11(10-6-12(18-7-10)9-2-1-3-9)4-5-13(21)16(15)20-8-14(22)19-25(20,23)24/h4-6,9,12,18,21H,1-3,7-8H2,(H,19,22). The number of amides is 1. The monoisotopic (exact) mass is 367 g/mol. The molecule has 1 amide bonds. The second-order valence-electron chi connectivity index (χ2n) is 6.62. The van der Waals surface area contributed by atoms with Crippen molar-refractivity contribution in [2.24, 2.45) is 5.92 Å². The number of aromatic hydroxyl groups is 1. The number of hydrogen-bond acceptors (Lipinski definition) is 5. The number of nitrogens with zero attached hydrogens (tertiary/aromatic N) is 1. The van der Waals surface area contributed by atoms with E-state index in [-0.39, 0.29) is 11.6 Å². The third-order valence-corrected chi connectivity index (χ3v) is 6.45. The van der Waals surface area contributed by atoms with Gasteiger partial charge in [-0.3, -0.25) is 4.79 Å². The van der Waals surface area contributed by atoms with Gasteiger partial charge in [-0.05, 0) is 36.5 Å². The van der Waals surface area contributed by atoms with Crippen LogP contribution in [0.15, 0.2) is 18.2 Å². The molecule has 1 unspecified atom stereocenters. The van der Waals surface area contributed by atoms with E-state index in [9.17, 15) is 18.3 Å². The summed E-state index contributed by atoms with van der Waals surface area (Å²) in [6, 6.07) is 2.88. The summed E-state index contributed by atoms with van der Waals surface area (Å²) < 4.78 is 41.4. The van der Waals surface area contributed by atoms with Gasteiger partial charge in [0.25, 0.3) is 5.91 Å². The summed E-state index contributed by atoms with van der Waals surface area (Å²) in [7, 11) is -4.19. The highest BCUT2D eigenvalue weighted by Crippen LogP contribution is 2.39. The van der Waals surface area contributed by atoms with Gasteiger partial charge in [-0.25, -0.2) is 13.4 Å². The normalized spacial score (nSPS) is 25.6. The minimum absolute atomic E-state index is 0.194. The van der Waals surface area contributed by atoms with E-state index in [1.165, 1.54) is 18.6 Å². The summed E-state index contributed by atoms with van der Waals surface area (Å²) in [5, 5.41) is 13.3. The Hall–Kier alpha value is -2.13. The predicted molar refractivity (Wildman–Crippen MR) is 89.6 cm³/mol. The van der Waals surface area contributed by atoms with Crippen LogP contribution in [0.4, 0.5) is 10.1 Å². The Balaban J connectivity index is 1.73. The van der Waals surface area contributed by atoms with Crippen molar-refractivity contribution in [2.45, 2.75) is 25.3 Å². The average Bonchev–Trinajstić information content (AvgIpc) is 3.02. The molecule has 2 heterocycles. The summed E-state index contributed by atoms with van der Waals surface area (Å²) in [5.41, 5.74) is 0.465. The molecular weight excluding hydrogens is 349 g/mol. The Bertz CT molecular complexity index is 880. The lowest BCUT2D eigenvalue weighted by Gasteiger charge is -2.30. The number of rotatable bonds is 3. The Morgan fingerprint density at radius 3 is 2.64 bits per heavy atom. The lowest BCUT2D eigenvalue weighted by Crippen LogP contribution is -2.34. The summed E-state index contributed by atoms with van der Waals surface area (Å²) in [6.45, 7) is -0.0789. The minimum Gasteiger partial charge on any atom is -0.506 e. The Morgan fingerprint density at radius 1 is 1.28 bits per heavy atom. The number of carbonyl (C=O) groups excluding carboxylic acids is 1. The van der Waals surface area contributed by atoms with E-state index >= 15 is 4.39 Å². The maximum Gasteiger partial charge on any atom is 0.326 e. The molecule has 3 N–H and O–H groups in total. The number of nitrogens with one attached hydrogen (secondary N) is 2. The summed E-state index contributed by atoms with van der Waals surface area (Å²) >= 11 is 0. The number of carbonyl (C=O) groups is 1. The highest BCUT2D eigenvalue weighted by atomic mass is 32.2. The van der Waals surface area contributed by atoms with Crippen LogP contribution < -0.4 is 14.3 Å². The van der Waals surface area contributed by atoms with Gasteiger partial charge in [0.15, 0.2) is 5.82 Å². The molecule has 1 atom stereocenters. The van der Waals surface area contributed by atoms with Crippen molar-refractivity contribution in [3.05, 3.63) is 29.6 Å². The molecule has 25 heavy (non-hydrogen) atoms. The molecule has 134 valence electrons. The zero-order valence-corrected chi connectivity index (χ0v) is 14.1. The van der Waals surface area contributed by atoms with Crippen LogP contribution in [0.3, 0.4) is 0 Å². The Labute approximate surface area is 144 Å². The van der Waals surface area contributed by atoms with Crippen LogP contribution in [-0.4, -0.2) is 38.6 Å². The van der Waals surface area contributed by atoms with Crippen molar-refractivity contribution in [1.29, 1.82) is 0 Å². The first-order valence-corrected chi connectivity index (χ1v) is 9.60. The average molecular weight is 367 g/mol. The first-order valence-electron chi connectivity index (χ1n) is 8.16. The zero-order chi connectivity index (χ0) is 17.8. The second-order valence-corrected chi connectivity index (χ2v) is 8.22. The van der Waals surface area contributed by atoms with E-state index in [1.807, 2.05) is 6.08 Å². The van der Waals surface area contributed by atoms with E-state index in [4.69, 9.17) is 0 Å². The molecule has 9 heteroatoms. The lowest BCUT2D eigenvalue weighted by molar-refractivity contribution is -0.117. The van der Waals surface area contributed by atoms with Gasteiger partial charge in [0.2, 0.25) is 0 Å². The van der Waals surface area contributed by atoms with Gasteiger partial charge in [-0.2, -0.15) is 8.42 Å². The van der Waals surface area contributed by atoms with Crippen molar-refractivity contribution in [3.63, 3.8) is 0 Å². The summed E-state index contributed by atoms with van der Waals surface area (Å²) in [4.78, 5) is 11.4. The number of hydrogen-bond donors (Lipinski definition) is 3. The fourth-order valence-electron chi connectivity index (χ4n) is 3.53. The summed E-state index contributed by atoms with van der Waals surface area (Å²) in [6.07, 6.45) is 5.47. The molecule has 1 aromatic rings. The molecule has 7 nitrogen and oxygen atoms in total. The maximum atomic E-state index is 15.1. The SMILES string of the molecule is O=C1CN(c2c(O)ccc(C3=CC(C4CCC4)NC3)c2F)S(=O)(=O)N1. The molecule has 1 aromatic carbocycles. The van der Waals surface area contributed by atoms with Gasteiger partial charge in [-0.15, -0.1) is 0 Å². The number of anilines is 1. The molecule has 0 radical (unpaired) electrons. The summed E-state index contributed by atoms with van der Waals surface area (Å²) in [5.74, 6) is -1.58. The van der Waals surface area contributed by atoms with Crippen LogP contribution >= 0.6 is 0 Å². The number of phenols is 1.